The Bertz CT molecular complexity index is 761. The second kappa shape index (κ2) is 7.06. The highest BCUT2D eigenvalue weighted by molar-refractivity contribution is 6.37. The maximum Gasteiger partial charge on any atom is 0.225 e. The summed E-state index contributed by atoms with van der Waals surface area (Å²) in [7, 11) is 0. The Hall–Kier alpha value is -1.98. The summed E-state index contributed by atoms with van der Waals surface area (Å²) in [5.74, 6) is 1.75. The minimum absolute atomic E-state index is 0.418. The molecule has 7 heteroatoms. The van der Waals surface area contributed by atoms with E-state index in [1.807, 2.05) is 13.0 Å². The van der Waals surface area contributed by atoms with E-state index < -0.39 is 0 Å². The van der Waals surface area contributed by atoms with Crippen molar-refractivity contribution in [3.63, 3.8) is 0 Å². The number of ether oxygens (including phenoxy) is 1. The lowest BCUT2D eigenvalue weighted by atomic mass is 10.2. The van der Waals surface area contributed by atoms with E-state index in [2.05, 4.69) is 10.1 Å². The summed E-state index contributed by atoms with van der Waals surface area (Å²) in [4.78, 5) is 4.07. The molecule has 120 valence electrons. The number of aryl methyl sites for hydroxylation is 2. The minimum atomic E-state index is 0.418. The smallest absolute Gasteiger partial charge is 0.225 e. The summed E-state index contributed by atoms with van der Waals surface area (Å²) >= 11 is 12.5. The number of nitrogens with zero attached hydrogens (tertiary/aromatic N) is 2. The first-order valence-electron chi connectivity index (χ1n) is 7.07. The van der Waals surface area contributed by atoms with Crippen LogP contribution in [0.15, 0.2) is 39.6 Å². The molecule has 2 aromatic heterocycles. The van der Waals surface area contributed by atoms with Crippen molar-refractivity contribution < 1.29 is 13.7 Å². The van der Waals surface area contributed by atoms with Crippen LogP contribution in [0.1, 0.15) is 17.9 Å². The second-order valence-corrected chi connectivity index (χ2v) is 5.81. The first-order valence-corrected chi connectivity index (χ1v) is 7.83. The fourth-order valence-corrected chi connectivity index (χ4v) is 2.74. The van der Waals surface area contributed by atoms with Crippen molar-refractivity contribution in [1.82, 2.24) is 10.1 Å². The van der Waals surface area contributed by atoms with E-state index in [1.165, 1.54) is 6.26 Å². The molecule has 0 radical (unpaired) electrons. The van der Waals surface area contributed by atoms with Crippen molar-refractivity contribution in [3.05, 3.63) is 52.2 Å². The van der Waals surface area contributed by atoms with Gasteiger partial charge in [-0.05, 0) is 25.5 Å². The number of hydrogen-bond donors (Lipinski definition) is 0. The molecular formula is C16H14Cl2N2O3. The number of oxazole rings is 1. The molecule has 0 aliphatic heterocycles. The molecule has 0 amide bonds. The van der Waals surface area contributed by atoms with Gasteiger partial charge in [-0.3, -0.25) is 0 Å². The first-order chi connectivity index (χ1) is 11.1. The van der Waals surface area contributed by atoms with Gasteiger partial charge in [-0.1, -0.05) is 28.4 Å². The van der Waals surface area contributed by atoms with E-state index in [1.54, 1.807) is 18.3 Å². The summed E-state index contributed by atoms with van der Waals surface area (Å²) in [5, 5.41) is 4.68. The van der Waals surface area contributed by atoms with Gasteiger partial charge >= 0.3 is 0 Å². The molecule has 0 unspecified atom stereocenters. The fraction of sp³-hybridized carbons (Fsp3) is 0.250. The number of hydrogen-bond acceptors (Lipinski definition) is 5. The van der Waals surface area contributed by atoms with E-state index in [0.29, 0.717) is 33.9 Å². The van der Waals surface area contributed by atoms with E-state index in [-0.39, 0.29) is 0 Å². The van der Waals surface area contributed by atoms with Crippen LogP contribution < -0.4 is 4.74 Å². The summed E-state index contributed by atoms with van der Waals surface area (Å²) in [6, 6.07) is 5.34. The topological polar surface area (TPSA) is 61.3 Å². The number of benzene rings is 1. The predicted molar refractivity (Wildman–Crippen MR) is 87.0 cm³/mol. The molecule has 3 rings (SSSR count). The SMILES string of the molecule is Cc1cc(CCCOc2c(Cl)cc(-c3ncco3)cc2Cl)on1. The Morgan fingerprint density at radius 2 is 1.96 bits per heavy atom. The summed E-state index contributed by atoms with van der Waals surface area (Å²) in [5.41, 5.74) is 1.57. The molecule has 5 nitrogen and oxygen atoms in total. The molecule has 0 saturated carbocycles. The maximum absolute atomic E-state index is 6.24. The van der Waals surface area contributed by atoms with Crippen molar-refractivity contribution in [1.29, 1.82) is 0 Å². The summed E-state index contributed by atoms with van der Waals surface area (Å²) in [6.45, 7) is 2.36. The van der Waals surface area contributed by atoms with Gasteiger partial charge in [0.05, 0.1) is 28.5 Å². The molecule has 0 fully saturated rings. The molecule has 0 atom stereocenters. The zero-order chi connectivity index (χ0) is 16.2. The largest absolute Gasteiger partial charge is 0.490 e. The lowest BCUT2D eigenvalue weighted by molar-refractivity contribution is 0.300. The van der Waals surface area contributed by atoms with Crippen molar-refractivity contribution in [2.75, 3.05) is 6.61 Å². The standard InChI is InChI=1S/C16H14Cl2N2O3/c1-10-7-12(23-20-10)3-2-5-21-15-13(17)8-11(9-14(15)18)16-19-4-6-22-16/h4,6-9H,2-3,5H2,1H3. The van der Waals surface area contributed by atoms with E-state index in [9.17, 15) is 0 Å². The van der Waals surface area contributed by atoms with Crippen LogP contribution in [-0.2, 0) is 6.42 Å². The lowest BCUT2D eigenvalue weighted by Gasteiger charge is -2.10. The molecule has 0 bridgehead atoms. The van der Waals surface area contributed by atoms with Crippen LogP contribution in [0.25, 0.3) is 11.5 Å². The zero-order valence-corrected chi connectivity index (χ0v) is 13.9. The average Bonchev–Trinajstić information content (AvgIpc) is 3.17. The Labute approximate surface area is 143 Å². The lowest BCUT2D eigenvalue weighted by Crippen LogP contribution is -2.00. The van der Waals surface area contributed by atoms with Crippen LogP contribution in [0.3, 0.4) is 0 Å². The van der Waals surface area contributed by atoms with E-state index in [0.717, 1.165) is 24.3 Å². The highest BCUT2D eigenvalue weighted by Gasteiger charge is 2.13. The molecule has 3 aromatic rings. The highest BCUT2D eigenvalue weighted by atomic mass is 35.5. The fourth-order valence-electron chi connectivity index (χ4n) is 2.14. The normalized spacial score (nSPS) is 10.9. The zero-order valence-electron chi connectivity index (χ0n) is 12.4. The number of rotatable bonds is 6. The van der Waals surface area contributed by atoms with Crippen molar-refractivity contribution >= 4 is 23.2 Å². The van der Waals surface area contributed by atoms with Crippen molar-refractivity contribution in [3.8, 4) is 17.2 Å². The number of halogens is 2. The average molecular weight is 353 g/mol. The predicted octanol–water partition coefficient (Wildman–Crippen LogP) is 4.96. The van der Waals surface area contributed by atoms with Crippen LogP contribution >= 0.6 is 23.2 Å². The van der Waals surface area contributed by atoms with Gasteiger partial charge in [0.25, 0.3) is 0 Å². The molecular weight excluding hydrogens is 339 g/mol. The van der Waals surface area contributed by atoms with Crippen LogP contribution in [0.5, 0.6) is 5.75 Å². The third-order valence-electron chi connectivity index (χ3n) is 3.17. The van der Waals surface area contributed by atoms with Gasteiger partial charge in [0, 0.05) is 18.1 Å². The van der Waals surface area contributed by atoms with Crippen LogP contribution in [0.2, 0.25) is 10.0 Å². The van der Waals surface area contributed by atoms with Gasteiger partial charge < -0.3 is 13.7 Å². The monoisotopic (exact) mass is 352 g/mol. The Kier molecular flexibility index (Phi) is 4.88. The summed E-state index contributed by atoms with van der Waals surface area (Å²) in [6.07, 6.45) is 4.56. The van der Waals surface area contributed by atoms with Gasteiger partial charge in [-0.25, -0.2) is 4.98 Å². The summed E-state index contributed by atoms with van der Waals surface area (Å²) < 4.78 is 16.1. The van der Waals surface area contributed by atoms with Gasteiger partial charge in [-0.15, -0.1) is 0 Å². The minimum Gasteiger partial charge on any atom is -0.490 e. The van der Waals surface area contributed by atoms with Crippen molar-refractivity contribution in [2.45, 2.75) is 19.8 Å². The molecule has 1 aromatic carbocycles. The van der Waals surface area contributed by atoms with E-state index >= 15 is 0 Å². The second-order valence-electron chi connectivity index (χ2n) is 4.99. The maximum atomic E-state index is 6.24. The van der Waals surface area contributed by atoms with Crippen molar-refractivity contribution in [2.24, 2.45) is 0 Å². The van der Waals surface area contributed by atoms with Gasteiger partial charge in [-0.2, -0.15) is 0 Å². The quantitative estimate of drug-likeness (QED) is 0.587. The molecule has 0 aliphatic carbocycles. The number of aromatic nitrogens is 2. The van der Waals surface area contributed by atoms with Gasteiger partial charge in [0.2, 0.25) is 5.89 Å². The first kappa shape index (κ1) is 15.9. The Balaban J connectivity index is 1.61. The third kappa shape index (κ3) is 3.86. The molecule has 2 heterocycles. The van der Waals surface area contributed by atoms with Crippen LogP contribution in [0, 0.1) is 6.92 Å². The van der Waals surface area contributed by atoms with Gasteiger partial charge in [0.15, 0.2) is 5.75 Å². The van der Waals surface area contributed by atoms with Crippen LogP contribution in [0.4, 0.5) is 0 Å². The molecule has 0 N–H and O–H groups in total. The highest BCUT2D eigenvalue weighted by Crippen LogP contribution is 2.37. The van der Waals surface area contributed by atoms with E-state index in [4.69, 9.17) is 36.9 Å². The Morgan fingerprint density at radius 1 is 1.17 bits per heavy atom. The molecule has 23 heavy (non-hydrogen) atoms. The van der Waals surface area contributed by atoms with Gasteiger partial charge in [0.1, 0.15) is 12.0 Å². The van der Waals surface area contributed by atoms with Crippen LogP contribution in [-0.4, -0.2) is 16.7 Å². The third-order valence-corrected chi connectivity index (χ3v) is 3.73. The molecule has 0 spiro atoms. The molecule has 0 aliphatic rings. The Morgan fingerprint density at radius 3 is 2.57 bits per heavy atom. The molecule has 0 saturated heterocycles.